The molecule has 0 aliphatic rings. The maximum absolute atomic E-state index is 12.4. The molecular weight excluding hydrogens is 201 g/mol. The van der Waals surface area contributed by atoms with E-state index < -0.39 is 11.7 Å². The van der Waals surface area contributed by atoms with Crippen LogP contribution in [0.2, 0.25) is 0 Å². The molecule has 0 bridgehead atoms. The van der Waals surface area contributed by atoms with Crippen LogP contribution in [-0.2, 0) is 6.18 Å². The molecule has 84 valence electrons. The Kier molecular flexibility index (Phi) is 3.42. The largest absolute Gasteiger partial charge is 0.416 e. The highest BCUT2D eigenvalue weighted by Gasteiger charge is 2.30. The van der Waals surface area contributed by atoms with Crippen LogP contribution < -0.4 is 0 Å². The van der Waals surface area contributed by atoms with Gasteiger partial charge in [0.05, 0.1) is 5.56 Å². The van der Waals surface area contributed by atoms with Gasteiger partial charge in [-0.25, -0.2) is 0 Å². The van der Waals surface area contributed by atoms with Crippen molar-refractivity contribution in [3.8, 4) is 0 Å². The van der Waals surface area contributed by atoms with Gasteiger partial charge in [0, 0.05) is 0 Å². The predicted octanol–water partition coefficient (Wildman–Crippen LogP) is 4.46. The van der Waals surface area contributed by atoms with Gasteiger partial charge in [-0.2, -0.15) is 13.2 Å². The molecule has 0 saturated carbocycles. The summed E-state index contributed by atoms with van der Waals surface area (Å²) in [5, 5.41) is 0. The van der Waals surface area contributed by atoms with Gasteiger partial charge < -0.3 is 0 Å². The first-order chi connectivity index (χ1) is 6.82. The number of rotatable bonds is 2. The molecule has 0 aromatic heterocycles. The first-order valence-corrected chi connectivity index (χ1v) is 4.99. The normalized spacial score (nSPS) is 14.3. The van der Waals surface area contributed by atoms with E-state index >= 15 is 0 Å². The molecule has 1 aromatic carbocycles. The molecule has 0 saturated heterocycles. The van der Waals surface area contributed by atoms with Crippen LogP contribution in [0.15, 0.2) is 24.3 Å². The molecule has 1 aromatic rings. The van der Waals surface area contributed by atoms with E-state index in [1.54, 1.807) is 6.07 Å². The number of hydrogen-bond acceptors (Lipinski definition) is 0. The first kappa shape index (κ1) is 12.1. The molecule has 15 heavy (non-hydrogen) atoms. The number of alkyl halides is 3. The number of hydrogen-bond donors (Lipinski definition) is 0. The zero-order valence-corrected chi connectivity index (χ0v) is 9.10. The molecule has 1 atom stereocenters. The molecule has 0 N–H and O–H groups in total. The molecule has 0 heterocycles. The molecule has 0 aliphatic carbocycles. The fraction of sp³-hybridized carbons (Fsp3) is 0.500. The minimum Gasteiger partial charge on any atom is -0.166 e. The highest BCUT2D eigenvalue weighted by atomic mass is 19.4. The van der Waals surface area contributed by atoms with Gasteiger partial charge in [0.25, 0.3) is 0 Å². The lowest BCUT2D eigenvalue weighted by molar-refractivity contribution is -0.137. The van der Waals surface area contributed by atoms with E-state index in [4.69, 9.17) is 0 Å². The maximum Gasteiger partial charge on any atom is 0.416 e. The van der Waals surface area contributed by atoms with Crippen molar-refractivity contribution in [3.63, 3.8) is 0 Å². The SMILES string of the molecule is CC(C)[C@H](C)c1cccc(C(F)(F)F)c1. The lowest BCUT2D eigenvalue weighted by atomic mass is 9.89. The van der Waals surface area contributed by atoms with Crippen LogP contribution >= 0.6 is 0 Å². The Morgan fingerprint density at radius 1 is 1.07 bits per heavy atom. The first-order valence-electron chi connectivity index (χ1n) is 4.99. The molecule has 0 radical (unpaired) electrons. The molecule has 0 spiro atoms. The number of halogens is 3. The average Bonchev–Trinajstić information content (AvgIpc) is 2.15. The van der Waals surface area contributed by atoms with Crippen molar-refractivity contribution < 1.29 is 13.2 Å². The van der Waals surface area contributed by atoms with E-state index in [1.807, 2.05) is 20.8 Å². The van der Waals surface area contributed by atoms with E-state index in [0.29, 0.717) is 5.92 Å². The smallest absolute Gasteiger partial charge is 0.166 e. The molecule has 0 fully saturated rings. The summed E-state index contributed by atoms with van der Waals surface area (Å²) in [4.78, 5) is 0. The minimum absolute atomic E-state index is 0.146. The minimum atomic E-state index is -4.24. The number of benzene rings is 1. The third-order valence-corrected chi connectivity index (χ3v) is 2.74. The van der Waals surface area contributed by atoms with Crippen molar-refractivity contribution in [1.29, 1.82) is 0 Å². The summed E-state index contributed by atoms with van der Waals surface area (Å²) in [7, 11) is 0. The van der Waals surface area contributed by atoms with Crippen LogP contribution in [0.1, 0.15) is 37.8 Å². The monoisotopic (exact) mass is 216 g/mol. The summed E-state index contributed by atoms with van der Waals surface area (Å²) < 4.78 is 37.3. The van der Waals surface area contributed by atoms with Gasteiger partial charge in [-0.05, 0) is 23.5 Å². The summed E-state index contributed by atoms with van der Waals surface area (Å²) in [6.45, 7) is 5.95. The Bertz CT molecular complexity index is 326. The van der Waals surface area contributed by atoms with Crippen LogP contribution in [-0.4, -0.2) is 0 Å². The van der Waals surface area contributed by atoms with Gasteiger partial charge in [0.2, 0.25) is 0 Å². The lowest BCUT2D eigenvalue weighted by Gasteiger charge is -2.17. The molecule has 0 amide bonds. The topological polar surface area (TPSA) is 0 Å². The maximum atomic E-state index is 12.4. The van der Waals surface area contributed by atoms with Crippen molar-refractivity contribution >= 4 is 0 Å². The van der Waals surface area contributed by atoms with Gasteiger partial charge in [-0.3, -0.25) is 0 Å². The van der Waals surface area contributed by atoms with Gasteiger partial charge in [-0.1, -0.05) is 39.0 Å². The fourth-order valence-corrected chi connectivity index (χ4v) is 1.38. The highest BCUT2D eigenvalue weighted by Crippen LogP contribution is 2.32. The van der Waals surface area contributed by atoms with Gasteiger partial charge in [0.1, 0.15) is 0 Å². The quantitative estimate of drug-likeness (QED) is 0.684. The molecule has 3 heteroatoms. The van der Waals surface area contributed by atoms with E-state index in [2.05, 4.69) is 0 Å². The van der Waals surface area contributed by atoms with Gasteiger partial charge >= 0.3 is 6.18 Å². The van der Waals surface area contributed by atoms with Crippen LogP contribution in [0, 0.1) is 5.92 Å². The third-order valence-electron chi connectivity index (χ3n) is 2.74. The average molecular weight is 216 g/mol. The summed E-state index contributed by atoms with van der Waals surface area (Å²) >= 11 is 0. The van der Waals surface area contributed by atoms with E-state index in [0.717, 1.165) is 11.6 Å². The van der Waals surface area contributed by atoms with Crippen molar-refractivity contribution in [2.45, 2.75) is 32.9 Å². The second kappa shape index (κ2) is 4.25. The van der Waals surface area contributed by atoms with Crippen molar-refractivity contribution in [1.82, 2.24) is 0 Å². The molecule has 1 rings (SSSR count). The Hall–Kier alpha value is -0.990. The van der Waals surface area contributed by atoms with Gasteiger partial charge in [-0.15, -0.1) is 0 Å². The van der Waals surface area contributed by atoms with E-state index in [1.165, 1.54) is 12.1 Å². The van der Waals surface area contributed by atoms with Crippen LogP contribution in [0.4, 0.5) is 13.2 Å². The molecule has 0 unspecified atom stereocenters. The van der Waals surface area contributed by atoms with E-state index in [9.17, 15) is 13.2 Å². The third kappa shape index (κ3) is 2.98. The zero-order valence-electron chi connectivity index (χ0n) is 9.10. The zero-order chi connectivity index (χ0) is 11.6. The standard InChI is InChI=1S/C12H15F3/c1-8(2)9(3)10-5-4-6-11(7-10)12(13,14)15/h4-9H,1-3H3/t9-/m0/s1. The fourth-order valence-electron chi connectivity index (χ4n) is 1.38. The highest BCUT2D eigenvalue weighted by molar-refractivity contribution is 5.28. The van der Waals surface area contributed by atoms with E-state index in [-0.39, 0.29) is 5.92 Å². The van der Waals surface area contributed by atoms with Crippen LogP contribution in [0.3, 0.4) is 0 Å². The Balaban J connectivity index is 3.03. The van der Waals surface area contributed by atoms with Gasteiger partial charge in [0.15, 0.2) is 0 Å². The van der Waals surface area contributed by atoms with Crippen molar-refractivity contribution in [2.24, 2.45) is 5.92 Å². The lowest BCUT2D eigenvalue weighted by Crippen LogP contribution is -2.08. The van der Waals surface area contributed by atoms with Crippen LogP contribution in [0.25, 0.3) is 0 Å². The second-order valence-corrected chi connectivity index (χ2v) is 4.16. The molecule has 0 aliphatic heterocycles. The summed E-state index contributed by atoms with van der Waals surface area (Å²) in [6.07, 6.45) is -4.24. The molecular formula is C12H15F3. The molecule has 0 nitrogen and oxygen atoms in total. The summed E-state index contributed by atoms with van der Waals surface area (Å²) in [6, 6.07) is 5.57. The van der Waals surface area contributed by atoms with Crippen molar-refractivity contribution in [3.05, 3.63) is 35.4 Å². The Morgan fingerprint density at radius 2 is 1.67 bits per heavy atom. The summed E-state index contributed by atoms with van der Waals surface area (Å²) in [5.74, 6) is 0.487. The Morgan fingerprint density at radius 3 is 2.13 bits per heavy atom. The second-order valence-electron chi connectivity index (χ2n) is 4.16. The summed E-state index contributed by atoms with van der Waals surface area (Å²) in [5.41, 5.74) is 0.187. The van der Waals surface area contributed by atoms with Crippen LogP contribution in [0.5, 0.6) is 0 Å². The predicted molar refractivity (Wildman–Crippen MR) is 54.7 cm³/mol. The van der Waals surface area contributed by atoms with Crippen molar-refractivity contribution in [2.75, 3.05) is 0 Å². The Labute approximate surface area is 88.1 Å².